The van der Waals surface area contributed by atoms with Gasteiger partial charge in [-0.3, -0.25) is 4.79 Å². The Morgan fingerprint density at radius 1 is 1.31 bits per heavy atom. The molecular formula is C13H14O3. The summed E-state index contributed by atoms with van der Waals surface area (Å²) in [5.74, 6) is 0.0968. The van der Waals surface area contributed by atoms with Gasteiger partial charge in [-0.25, -0.2) is 0 Å². The summed E-state index contributed by atoms with van der Waals surface area (Å²) in [6, 6.07) is 9.93. The summed E-state index contributed by atoms with van der Waals surface area (Å²) in [7, 11) is 0. The molecule has 0 unspecified atom stereocenters. The molecule has 3 nitrogen and oxygen atoms in total. The van der Waals surface area contributed by atoms with Crippen molar-refractivity contribution in [2.75, 3.05) is 6.61 Å². The first-order valence-electron chi connectivity index (χ1n) is 5.31. The van der Waals surface area contributed by atoms with Gasteiger partial charge in [0.25, 0.3) is 0 Å². The molecule has 0 bridgehead atoms. The molecule has 1 atom stereocenters. The lowest BCUT2D eigenvalue weighted by Gasteiger charge is -2.18. The average molecular weight is 218 g/mol. The molecule has 84 valence electrons. The Hall–Kier alpha value is -1.61. The highest BCUT2D eigenvalue weighted by molar-refractivity contribution is 5.90. The Balaban J connectivity index is 1.72. The standard InChI is InChI=1S/C13H14O3/c14-12-6-7-16-13(8-12)10-15-9-11-4-2-1-3-5-11/h1-7,13H,8-10H2/t13-/m0/s1. The van der Waals surface area contributed by atoms with E-state index in [2.05, 4.69) is 0 Å². The highest BCUT2D eigenvalue weighted by atomic mass is 16.5. The van der Waals surface area contributed by atoms with E-state index in [-0.39, 0.29) is 11.9 Å². The minimum atomic E-state index is -0.138. The van der Waals surface area contributed by atoms with Gasteiger partial charge in [0.2, 0.25) is 0 Å². The summed E-state index contributed by atoms with van der Waals surface area (Å²) >= 11 is 0. The number of ketones is 1. The molecule has 0 N–H and O–H groups in total. The Bertz CT molecular complexity index is 370. The van der Waals surface area contributed by atoms with Gasteiger partial charge >= 0.3 is 0 Å². The maximum absolute atomic E-state index is 11.1. The van der Waals surface area contributed by atoms with Crippen LogP contribution in [0.25, 0.3) is 0 Å². The van der Waals surface area contributed by atoms with Gasteiger partial charge < -0.3 is 9.47 Å². The number of carbonyl (C=O) groups is 1. The van der Waals surface area contributed by atoms with Gasteiger partial charge in [0.1, 0.15) is 6.10 Å². The fourth-order valence-electron chi connectivity index (χ4n) is 1.55. The maximum atomic E-state index is 11.1. The zero-order valence-corrected chi connectivity index (χ0v) is 8.96. The van der Waals surface area contributed by atoms with E-state index in [0.717, 1.165) is 5.56 Å². The average Bonchev–Trinajstić information content (AvgIpc) is 2.30. The first kappa shape index (κ1) is 10.9. The number of rotatable bonds is 4. The van der Waals surface area contributed by atoms with Crippen LogP contribution in [0.15, 0.2) is 42.7 Å². The summed E-state index contributed by atoms with van der Waals surface area (Å²) in [4.78, 5) is 11.1. The van der Waals surface area contributed by atoms with Crippen molar-refractivity contribution in [3.8, 4) is 0 Å². The zero-order valence-electron chi connectivity index (χ0n) is 8.96. The highest BCUT2D eigenvalue weighted by Gasteiger charge is 2.16. The second-order valence-electron chi connectivity index (χ2n) is 3.73. The van der Waals surface area contributed by atoms with Crippen molar-refractivity contribution in [3.63, 3.8) is 0 Å². The van der Waals surface area contributed by atoms with Crippen LogP contribution in [0, 0.1) is 0 Å². The molecule has 1 aromatic carbocycles. The highest BCUT2D eigenvalue weighted by Crippen LogP contribution is 2.09. The minimum Gasteiger partial charge on any atom is -0.495 e. The third kappa shape index (κ3) is 3.21. The molecule has 1 aliphatic heterocycles. The van der Waals surface area contributed by atoms with Crippen LogP contribution in [0.1, 0.15) is 12.0 Å². The van der Waals surface area contributed by atoms with Crippen LogP contribution < -0.4 is 0 Å². The van der Waals surface area contributed by atoms with Crippen LogP contribution in [-0.2, 0) is 20.9 Å². The molecule has 0 saturated heterocycles. The molecule has 1 aromatic rings. The largest absolute Gasteiger partial charge is 0.495 e. The van der Waals surface area contributed by atoms with Gasteiger partial charge in [-0.1, -0.05) is 30.3 Å². The van der Waals surface area contributed by atoms with Crippen molar-refractivity contribution >= 4 is 5.78 Å². The SMILES string of the molecule is O=C1C=CO[C@H](COCc2ccccc2)C1. The van der Waals surface area contributed by atoms with Crippen LogP contribution in [0.3, 0.4) is 0 Å². The molecule has 3 heteroatoms. The third-order valence-electron chi connectivity index (χ3n) is 2.37. The molecule has 0 aromatic heterocycles. The van der Waals surface area contributed by atoms with Crippen molar-refractivity contribution < 1.29 is 14.3 Å². The topological polar surface area (TPSA) is 35.5 Å². The summed E-state index contributed by atoms with van der Waals surface area (Å²) in [5, 5.41) is 0. The van der Waals surface area contributed by atoms with Crippen LogP contribution >= 0.6 is 0 Å². The van der Waals surface area contributed by atoms with Gasteiger partial charge in [-0.15, -0.1) is 0 Å². The molecule has 0 aliphatic carbocycles. The van der Waals surface area contributed by atoms with Gasteiger partial charge in [-0.2, -0.15) is 0 Å². The van der Waals surface area contributed by atoms with Crippen LogP contribution in [0.4, 0.5) is 0 Å². The van der Waals surface area contributed by atoms with Crippen molar-refractivity contribution in [2.24, 2.45) is 0 Å². The number of carbonyl (C=O) groups excluding carboxylic acids is 1. The Morgan fingerprint density at radius 2 is 2.12 bits per heavy atom. The summed E-state index contributed by atoms with van der Waals surface area (Å²) < 4.78 is 10.8. The van der Waals surface area contributed by atoms with Crippen molar-refractivity contribution in [1.82, 2.24) is 0 Å². The fourth-order valence-corrected chi connectivity index (χ4v) is 1.55. The maximum Gasteiger partial charge on any atom is 0.162 e. The number of hydrogen-bond acceptors (Lipinski definition) is 3. The predicted octanol–water partition coefficient (Wildman–Crippen LogP) is 2.07. The van der Waals surface area contributed by atoms with Crippen molar-refractivity contribution in [1.29, 1.82) is 0 Å². The van der Waals surface area contributed by atoms with Crippen LogP contribution in [0.5, 0.6) is 0 Å². The minimum absolute atomic E-state index is 0.0968. The van der Waals surface area contributed by atoms with E-state index in [1.807, 2.05) is 30.3 Å². The van der Waals surface area contributed by atoms with E-state index in [0.29, 0.717) is 19.6 Å². The van der Waals surface area contributed by atoms with E-state index in [9.17, 15) is 4.79 Å². The summed E-state index contributed by atoms with van der Waals surface area (Å²) in [5.41, 5.74) is 1.13. The first-order valence-corrected chi connectivity index (χ1v) is 5.31. The van der Waals surface area contributed by atoms with Crippen LogP contribution in [-0.4, -0.2) is 18.5 Å². The van der Waals surface area contributed by atoms with Crippen LogP contribution in [0.2, 0.25) is 0 Å². The molecule has 1 aliphatic rings. The van der Waals surface area contributed by atoms with Gasteiger partial charge in [0.15, 0.2) is 5.78 Å². The second kappa shape index (κ2) is 5.47. The third-order valence-corrected chi connectivity index (χ3v) is 2.37. The lowest BCUT2D eigenvalue weighted by molar-refractivity contribution is -0.119. The molecule has 1 heterocycles. The Morgan fingerprint density at radius 3 is 2.88 bits per heavy atom. The number of allylic oxidation sites excluding steroid dienone is 1. The van der Waals surface area contributed by atoms with Gasteiger partial charge in [0, 0.05) is 12.5 Å². The van der Waals surface area contributed by atoms with Gasteiger partial charge in [-0.05, 0) is 5.56 Å². The Kier molecular flexibility index (Phi) is 3.72. The molecule has 0 spiro atoms. The number of hydrogen-bond donors (Lipinski definition) is 0. The van der Waals surface area contributed by atoms with E-state index in [1.165, 1.54) is 12.3 Å². The molecule has 2 rings (SSSR count). The molecule has 0 saturated carbocycles. The Labute approximate surface area is 94.7 Å². The molecular weight excluding hydrogens is 204 g/mol. The lowest BCUT2D eigenvalue weighted by atomic mass is 10.1. The van der Waals surface area contributed by atoms with Crippen molar-refractivity contribution in [3.05, 3.63) is 48.2 Å². The first-order chi connectivity index (χ1) is 7.84. The van der Waals surface area contributed by atoms with Crippen molar-refractivity contribution in [2.45, 2.75) is 19.1 Å². The second-order valence-corrected chi connectivity index (χ2v) is 3.73. The number of ether oxygens (including phenoxy) is 2. The van der Waals surface area contributed by atoms with Gasteiger partial charge in [0.05, 0.1) is 19.5 Å². The predicted molar refractivity (Wildman–Crippen MR) is 59.7 cm³/mol. The molecule has 0 radical (unpaired) electrons. The van der Waals surface area contributed by atoms with E-state index in [4.69, 9.17) is 9.47 Å². The monoisotopic (exact) mass is 218 g/mol. The summed E-state index contributed by atoms with van der Waals surface area (Å²) in [6.07, 6.45) is 3.17. The summed E-state index contributed by atoms with van der Waals surface area (Å²) in [6.45, 7) is 1.00. The molecule has 0 fully saturated rings. The van der Waals surface area contributed by atoms with E-state index < -0.39 is 0 Å². The smallest absolute Gasteiger partial charge is 0.162 e. The lowest BCUT2D eigenvalue weighted by Crippen LogP contribution is -2.23. The quantitative estimate of drug-likeness (QED) is 0.776. The fraction of sp³-hybridized carbons (Fsp3) is 0.308. The molecule has 0 amide bonds. The molecule has 16 heavy (non-hydrogen) atoms. The van der Waals surface area contributed by atoms with E-state index >= 15 is 0 Å². The van der Waals surface area contributed by atoms with E-state index in [1.54, 1.807) is 0 Å². The zero-order chi connectivity index (χ0) is 11.2. The number of benzene rings is 1. The normalized spacial score (nSPS) is 19.5.